The molecule has 0 spiro atoms. The Kier molecular flexibility index (Phi) is 4.36. The van der Waals surface area contributed by atoms with E-state index >= 15 is 0 Å². The molecule has 0 heterocycles. The summed E-state index contributed by atoms with van der Waals surface area (Å²) in [5.74, 6) is 0.613. The zero-order valence-corrected chi connectivity index (χ0v) is 11.3. The van der Waals surface area contributed by atoms with Gasteiger partial charge in [0.05, 0.1) is 12.3 Å². The van der Waals surface area contributed by atoms with Gasteiger partial charge in [0.25, 0.3) is 0 Å². The Morgan fingerprint density at radius 1 is 1.29 bits per heavy atom. The number of methoxy groups -OCH3 is 1. The van der Waals surface area contributed by atoms with Crippen LogP contribution in [0.1, 0.15) is 32.3 Å². The first-order chi connectivity index (χ1) is 7.91. The fraction of sp³-hybridized carbons (Fsp3) is 0.500. The zero-order chi connectivity index (χ0) is 13.1. The Hall–Kier alpha value is -0.830. The van der Waals surface area contributed by atoms with Gasteiger partial charge < -0.3 is 14.5 Å². The third-order valence-corrected chi connectivity index (χ3v) is 5.34. The van der Waals surface area contributed by atoms with Gasteiger partial charge in [-0.05, 0) is 30.5 Å². The average molecular weight is 258 g/mol. The minimum atomic E-state index is -4.21. The number of hydrogen-bond acceptors (Lipinski definition) is 2. The van der Waals surface area contributed by atoms with Crippen molar-refractivity contribution in [1.82, 2.24) is 0 Å². The largest absolute Gasteiger partial charge is 0.497 e. The highest BCUT2D eigenvalue weighted by atomic mass is 31.2. The standard InChI is InChI=1S/C12H19O4P/c1-4-12(5-2,17(13,14)15)10-7-6-8-11(9-10)16-3/h6-9H,4-5H2,1-3H3,(H2,13,14,15). The molecule has 5 heteroatoms. The molecule has 1 rings (SSSR count). The molecule has 0 bridgehead atoms. The second kappa shape index (κ2) is 5.21. The van der Waals surface area contributed by atoms with Gasteiger partial charge in [-0.2, -0.15) is 0 Å². The van der Waals surface area contributed by atoms with Crippen LogP contribution >= 0.6 is 7.60 Å². The average Bonchev–Trinajstić information content (AvgIpc) is 2.30. The number of ether oxygens (including phenoxy) is 1. The molecule has 0 amide bonds. The van der Waals surface area contributed by atoms with E-state index in [1.807, 2.05) is 0 Å². The summed E-state index contributed by atoms with van der Waals surface area (Å²) in [4.78, 5) is 19.2. The first kappa shape index (κ1) is 14.2. The van der Waals surface area contributed by atoms with Crippen molar-refractivity contribution >= 4 is 7.60 Å². The van der Waals surface area contributed by atoms with E-state index in [0.29, 0.717) is 24.2 Å². The minimum Gasteiger partial charge on any atom is -0.497 e. The predicted molar refractivity (Wildman–Crippen MR) is 67.3 cm³/mol. The van der Waals surface area contributed by atoms with Crippen molar-refractivity contribution in [2.45, 2.75) is 31.8 Å². The molecule has 0 fully saturated rings. The van der Waals surface area contributed by atoms with Gasteiger partial charge in [0.2, 0.25) is 0 Å². The van der Waals surface area contributed by atoms with E-state index in [1.54, 1.807) is 38.1 Å². The monoisotopic (exact) mass is 258 g/mol. The molecule has 1 aromatic carbocycles. The number of benzene rings is 1. The van der Waals surface area contributed by atoms with E-state index in [-0.39, 0.29) is 0 Å². The molecule has 4 nitrogen and oxygen atoms in total. The van der Waals surface area contributed by atoms with E-state index in [4.69, 9.17) is 4.74 Å². The molecule has 1 aromatic rings. The quantitative estimate of drug-likeness (QED) is 0.797. The molecule has 0 aromatic heterocycles. The van der Waals surface area contributed by atoms with Crippen molar-refractivity contribution in [2.75, 3.05) is 7.11 Å². The molecular weight excluding hydrogens is 239 g/mol. The predicted octanol–water partition coefficient (Wildman–Crippen LogP) is 2.89. The molecule has 0 saturated heterocycles. The lowest BCUT2D eigenvalue weighted by atomic mass is 9.92. The number of rotatable bonds is 5. The van der Waals surface area contributed by atoms with Gasteiger partial charge >= 0.3 is 7.60 Å². The Morgan fingerprint density at radius 3 is 2.29 bits per heavy atom. The molecule has 17 heavy (non-hydrogen) atoms. The van der Waals surface area contributed by atoms with E-state index in [1.165, 1.54) is 7.11 Å². The van der Waals surface area contributed by atoms with Crippen LogP contribution in [0, 0.1) is 0 Å². The van der Waals surface area contributed by atoms with Gasteiger partial charge in [0, 0.05) is 0 Å². The van der Waals surface area contributed by atoms with Crippen molar-refractivity contribution in [1.29, 1.82) is 0 Å². The van der Waals surface area contributed by atoms with Crippen molar-refractivity contribution in [2.24, 2.45) is 0 Å². The normalized spacial score (nSPS) is 12.5. The molecule has 0 saturated carbocycles. The Balaban J connectivity index is 3.37. The van der Waals surface area contributed by atoms with Crippen LogP contribution < -0.4 is 4.74 Å². The molecule has 2 N–H and O–H groups in total. The zero-order valence-electron chi connectivity index (χ0n) is 10.4. The summed E-state index contributed by atoms with van der Waals surface area (Å²) in [7, 11) is -2.68. The Morgan fingerprint density at radius 2 is 1.88 bits per heavy atom. The summed E-state index contributed by atoms with van der Waals surface area (Å²) in [6.07, 6.45) is 0.780. The van der Waals surface area contributed by atoms with Gasteiger partial charge in [-0.25, -0.2) is 0 Å². The van der Waals surface area contributed by atoms with Crippen LogP contribution in [0.4, 0.5) is 0 Å². The van der Waals surface area contributed by atoms with E-state index in [2.05, 4.69) is 0 Å². The first-order valence-electron chi connectivity index (χ1n) is 5.61. The molecule has 0 atom stereocenters. The summed E-state index contributed by atoms with van der Waals surface area (Å²) < 4.78 is 16.9. The molecule has 0 aliphatic carbocycles. The highest BCUT2D eigenvalue weighted by Gasteiger charge is 2.45. The molecular formula is C12H19O4P. The Labute approximate surface area is 102 Å². The van der Waals surface area contributed by atoms with Crippen LogP contribution in [-0.4, -0.2) is 16.9 Å². The summed E-state index contributed by atoms with van der Waals surface area (Å²) in [6, 6.07) is 6.96. The van der Waals surface area contributed by atoms with Crippen LogP contribution in [0.3, 0.4) is 0 Å². The van der Waals surface area contributed by atoms with Crippen molar-refractivity contribution in [3.05, 3.63) is 29.8 Å². The smallest absolute Gasteiger partial charge is 0.335 e. The molecule has 96 valence electrons. The lowest BCUT2D eigenvalue weighted by Crippen LogP contribution is -2.24. The molecule has 0 aliphatic rings. The fourth-order valence-corrected chi connectivity index (χ4v) is 3.45. The highest BCUT2D eigenvalue weighted by Crippen LogP contribution is 2.61. The van der Waals surface area contributed by atoms with Crippen LogP contribution in [0.2, 0.25) is 0 Å². The first-order valence-corrected chi connectivity index (χ1v) is 7.22. The topological polar surface area (TPSA) is 66.8 Å². The third-order valence-electron chi connectivity index (χ3n) is 3.33. The SMILES string of the molecule is CCC(CC)(c1cccc(OC)c1)P(=O)(O)O. The highest BCUT2D eigenvalue weighted by molar-refractivity contribution is 7.53. The maximum Gasteiger partial charge on any atom is 0.335 e. The summed E-state index contributed by atoms with van der Waals surface area (Å²) >= 11 is 0. The summed E-state index contributed by atoms with van der Waals surface area (Å²) in [5.41, 5.74) is 0.634. The second-order valence-electron chi connectivity index (χ2n) is 4.01. The second-order valence-corrected chi connectivity index (χ2v) is 5.96. The lowest BCUT2D eigenvalue weighted by molar-refractivity contribution is 0.315. The van der Waals surface area contributed by atoms with E-state index < -0.39 is 12.8 Å². The van der Waals surface area contributed by atoms with Gasteiger partial charge in [-0.3, -0.25) is 4.57 Å². The van der Waals surface area contributed by atoms with Crippen LogP contribution in [0.5, 0.6) is 5.75 Å². The van der Waals surface area contributed by atoms with Gasteiger partial charge in [-0.15, -0.1) is 0 Å². The third kappa shape index (κ3) is 2.54. The van der Waals surface area contributed by atoms with Crippen molar-refractivity contribution in [3.8, 4) is 5.75 Å². The molecule has 0 unspecified atom stereocenters. The van der Waals surface area contributed by atoms with Crippen LogP contribution in [0.25, 0.3) is 0 Å². The van der Waals surface area contributed by atoms with Crippen molar-refractivity contribution < 1.29 is 19.1 Å². The lowest BCUT2D eigenvalue weighted by Gasteiger charge is -2.33. The van der Waals surface area contributed by atoms with E-state index in [9.17, 15) is 14.4 Å². The van der Waals surface area contributed by atoms with Gasteiger partial charge in [-0.1, -0.05) is 26.0 Å². The van der Waals surface area contributed by atoms with Gasteiger partial charge in [0.15, 0.2) is 0 Å². The van der Waals surface area contributed by atoms with E-state index in [0.717, 1.165) is 0 Å². The Bertz CT molecular complexity index is 420. The molecule has 0 aliphatic heterocycles. The van der Waals surface area contributed by atoms with Crippen LogP contribution in [0.15, 0.2) is 24.3 Å². The molecule has 0 radical (unpaired) electrons. The van der Waals surface area contributed by atoms with Gasteiger partial charge in [0.1, 0.15) is 5.75 Å². The maximum atomic E-state index is 11.8. The van der Waals surface area contributed by atoms with Crippen LogP contribution in [-0.2, 0) is 9.72 Å². The summed E-state index contributed by atoms with van der Waals surface area (Å²) in [5, 5.41) is -1.11. The number of hydrogen-bond donors (Lipinski definition) is 2. The maximum absolute atomic E-state index is 11.8. The fourth-order valence-electron chi connectivity index (χ4n) is 2.15. The van der Waals surface area contributed by atoms with Crippen molar-refractivity contribution in [3.63, 3.8) is 0 Å². The summed E-state index contributed by atoms with van der Waals surface area (Å²) in [6.45, 7) is 3.59. The minimum absolute atomic E-state index is 0.390.